The van der Waals surface area contributed by atoms with Crippen LogP contribution in [0.5, 0.6) is 0 Å². The fourth-order valence-electron chi connectivity index (χ4n) is 5.27. The number of nitrogens with zero attached hydrogens (tertiary/aromatic N) is 1. The fraction of sp³-hybridized carbons (Fsp3) is 0.636. The largest absolute Gasteiger partial charge is 0.388 e. The molecule has 1 amide bonds. The van der Waals surface area contributed by atoms with Crippen LogP contribution in [0.25, 0.3) is 0 Å². The first-order valence-corrected chi connectivity index (χ1v) is 10.1. The number of amides is 1. The average molecular weight is 355 g/mol. The third-order valence-corrected chi connectivity index (χ3v) is 6.87. The Hall–Kier alpha value is -1.68. The maximum absolute atomic E-state index is 12.9. The van der Waals surface area contributed by atoms with E-state index in [0.717, 1.165) is 51.6 Å². The second-order valence-electron chi connectivity index (χ2n) is 8.59. The Balaban J connectivity index is 1.47. The number of carbonyl (C=O) groups is 2. The molecule has 1 aromatic carbocycles. The zero-order valence-electron chi connectivity index (χ0n) is 15.5. The van der Waals surface area contributed by atoms with Crippen LogP contribution in [0.4, 0.5) is 0 Å². The molecule has 26 heavy (non-hydrogen) atoms. The van der Waals surface area contributed by atoms with Crippen LogP contribution in [0, 0.1) is 11.3 Å². The van der Waals surface area contributed by atoms with Gasteiger partial charge in [-0.25, -0.2) is 0 Å². The molecule has 0 radical (unpaired) electrons. The number of aliphatic hydroxyl groups excluding tert-OH is 1. The van der Waals surface area contributed by atoms with E-state index in [-0.39, 0.29) is 17.1 Å². The first kappa shape index (κ1) is 17.7. The molecule has 2 fully saturated rings. The Morgan fingerprint density at radius 3 is 2.69 bits per heavy atom. The zero-order valence-corrected chi connectivity index (χ0v) is 15.5. The predicted molar refractivity (Wildman–Crippen MR) is 100 cm³/mol. The summed E-state index contributed by atoms with van der Waals surface area (Å²) in [6.45, 7) is 1.33. The van der Waals surface area contributed by atoms with Crippen molar-refractivity contribution in [2.45, 2.75) is 57.8 Å². The summed E-state index contributed by atoms with van der Waals surface area (Å²) in [5.74, 6) is 0.424. The summed E-state index contributed by atoms with van der Waals surface area (Å²) < 4.78 is 0. The molecule has 1 N–H and O–H groups in total. The van der Waals surface area contributed by atoms with Gasteiger partial charge in [0.25, 0.3) is 0 Å². The first-order valence-electron chi connectivity index (χ1n) is 10.1. The molecule has 0 aromatic heterocycles. The third-order valence-electron chi connectivity index (χ3n) is 6.87. The van der Waals surface area contributed by atoms with E-state index in [2.05, 4.69) is 4.90 Å². The number of hydrogen-bond acceptors (Lipinski definition) is 3. The molecule has 1 heterocycles. The van der Waals surface area contributed by atoms with E-state index >= 15 is 0 Å². The van der Waals surface area contributed by atoms with E-state index in [0.29, 0.717) is 11.5 Å². The van der Waals surface area contributed by atoms with Gasteiger partial charge in [-0.3, -0.25) is 9.59 Å². The number of ketones is 1. The van der Waals surface area contributed by atoms with Gasteiger partial charge in [0.15, 0.2) is 5.78 Å². The Kier molecular flexibility index (Phi) is 4.87. The molecule has 1 unspecified atom stereocenters. The van der Waals surface area contributed by atoms with Crippen molar-refractivity contribution >= 4 is 11.7 Å². The molecule has 4 rings (SSSR count). The maximum Gasteiger partial charge on any atom is 0.225 e. The number of aryl methyl sites for hydroxylation is 1. The van der Waals surface area contributed by atoms with E-state index < -0.39 is 6.61 Å². The molecule has 1 aromatic rings. The molecule has 1 aliphatic heterocycles. The van der Waals surface area contributed by atoms with Crippen molar-refractivity contribution in [2.24, 2.45) is 11.3 Å². The number of rotatable bonds is 3. The van der Waals surface area contributed by atoms with Crippen LogP contribution in [-0.4, -0.2) is 41.4 Å². The van der Waals surface area contributed by atoms with Crippen molar-refractivity contribution < 1.29 is 14.7 Å². The van der Waals surface area contributed by atoms with E-state index in [1.165, 1.54) is 30.4 Å². The number of aliphatic hydroxyl groups is 1. The molecule has 1 saturated carbocycles. The number of Topliss-reactive ketones (excluding diaryl/α,β-unsaturated/α-hetero) is 1. The van der Waals surface area contributed by atoms with Gasteiger partial charge in [0.2, 0.25) is 5.91 Å². The van der Waals surface area contributed by atoms with Gasteiger partial charge in [-0.2, -0.15) is 0 Å². The monoisotopic (exact) mass is 355 g/mol. The molecule has 3 aliphatic rings. The fourth-order valence-corrected chi connectivity index (χ4v) is 5.27. The average Bonchev–Trinajstić information content (AvgIpc) is 3.10. The maximum atomic E-state index is 12.9. The van der Waals surface area contributed by atoms with Crippen LogP contribution in [-0.2, 0) is 17.6 Å². The first-order chi connectivity index (χ1) is 12.6. The van der Waals surface area contributed by atoms with Gasteiger partial charge in [0.05, 0.1) is 0 Å². The summed E-state index contributed by atoms with van der Waals surface area (Å²) >= 11 is 0. The second kappa shape index (κ2) is 7.15. The van der Waals surface area contributed by atoms with Gasteiger partial charge in [-0.05, 0) is 61.1 Å². The molecule has 4 nitrogen and oxygen atoms in total. The van der Waals surface area contributed by atoms with Crippen molar-refractivity contribution in [1.82, 2.24) is 4.90 Å². The normalized spacial score (nSPS) is 26.1. The molecule has 1 spiro atoms. The van der Waals surface area contributed by atoms with Crippen LogP contribution in [0.1, 0.15) is 66.4 Å². The smallest absolute Gasteiger partial charge is 0.225 e. The molecule has 0 bridgehead atoms. The van der Waals surface area contributed by atoms with Gasteiger partial charge < -0.3 is 10.0 Å². The number of benzene rings is 1. The van der Waals surface area contributed by atoms with Gasteiger partial charge in [-0.1, -0.05) is 31.4 Å². The molecular weight excluding hydrogens is 326 g/mol. The third kappa shape index (κ3) is 3.32. The minimum Gasteiger partial charge on any atom is -0.388 e. The summed E-state index contributed by atoms with van der Waals surface area (Å²) in [6, 6.07) is 5.86. The lowest BCUT2D eigenvalue weighted by Gasteiger charge is -2.35. The Bertz CT molecular complexity index is 707. The summed E-state index contributed by atoms with van der Waals surface area (Å²) in [7, 11) is 0. The van der Waals surface area contributed by atoms with Crippen LogP contribution in [0.3, 0.4) is 0 Å². The van der Waals surface area contributed by atoms with Crippen molar-refractivity contribution in [3.05, 3.63) is 34.9 Å². The van der Waals surface area contributed by atoms with Crippen LogP contribution in [0.2, 0.25) is 0 Å². The number of fused-ring (bicyclic) bond motifs is 1. The second-order valence-corrected chi connectivity index (χ2v) is 8.59. The Labute approximate surface area is 155 Å². The highest BCUT2D eigenvalue weighted by molar-refractivity contribution is 5.97. The van der Waals surface area contributed by atoms with Crippen LogP contribution < -0.4 is 0 Å². The van der Waals surface area contributed by atoms with Crippen molar-refractivity contribution in [1.29, 1.82) is 0 Å². The van der Waals surface area contributed by atoms with Crippen molar-refractivity contribution in [3.63, 3.8) is 0 Å². The summed E-state index contributed by atoms with van der Waals surface area (Å²) in [5, 5.41) is 9.12. The minimum absolute atomic E-state index is 0.179. The predicted octanol–water partition coefficient (Wildman–Crippen LogP) is 3.15. The summed E-state index contributed by atoms with van der Waals surface area (Å²) in [5.41, 5.74) is 3.35. The molecule has 2 aliphatic carbocycles. The molecule has 140 valence electrons. The molecule has 4 heteroatoms. The van der Waals surface area contributed by atoms with Crippen LogP contribution in [0.15, 0.2) is 18.2 Å². The standard InChI is InChI=1S/C22H29NO3/c24-14-20(25)18-7-6-16-8-9-22(13-19(16)12-18)10-11-23(15-22)21(26)17-4-2-1-3-5-17/h6-7,12,17,24H,1-5,8-11,13-15H2. The minimum atomic E-state index is -0.437. The van der Waals surface area contributed by atoms with Crippen molar-refractivity contribution in [3.8, 4) is 0 Å². The number of likely N-dealkylation sites (tertiary alicyclic amines) is 1. The highest BCUT2D eigenvalue weighted by Gasteiger charge is 2.43. The van der Waals surface area contributed by atoms with E-state index in [9.17, 15) is 9.59 Å². The Morgan fingerprint density at radius 2 is 1.92 bits per heavy atom. The zero-order chi connectivity index (χ0) is 18.1. The van der Waals surface area contributed by atoms with Gasteiger partial charge in [-0.15, -0.1) is 0 Å². The summed E-state index contributed by atoms with van der Waals surface area (Å²) in [4.78, 5) is 26.9. The van der Waals surface area contributed by atoms with E-state index in [1.807, 2.05) is 18.2 Å². The molecule has 1 atom stereocenters. The topological polar surface area (TPSA) is 57.6 Å². The van der Waals surface area contributed by atoms with Gasteiger partial charge >= 0.3 is 0 Å². The SMILES string of the molecule is O=C(CO)c1ccc2c(c1)CC1(CC2)CCN(C(=O)C2CCCCC2)C1. The highest BCUT2D eigenvalue weighted by Crippen LogP contribution is 2.43. The number of hydrogen-bond donors (Lipinski definition) is 1. The molecule has 1 saturated heterocycles. The summed E-state index contributed by atoms with van der Waals surface area (Å²) in [6.07, 6.45) is 9.98. The lowest BCUT2D eigenvalue weighted by atomic mass is 9.70. The van der Waals surface area contributed by atoms with Crippen molar-refractivity contribution in [2.75, 3.05) is 19.7 Å². The lowest BCUT2D eigenvalue weighted by molar-refractivity contribution is -0.135. The van der Waals surface area contributed by atoms with Crippen LogP contribution >= 0.6 is 0 Å². The quantitative estimate of drug-likeness (QED) is 0.848. The molecular formula is C22H29NO3. The van der Waals surface area contributed by atoms with E-state index in [1.54, 1.807) is 0 Å². The number of carbonyl (C=O) groups excluding carboxylic acids is 2. The Morgan fingerprint density at radius 1 is 1.12 bits per heavy atom. The van der Waals surface area contributed by atoms with Gasteiger partial charge in [0.1, 0.15) is 6.61 Å². The highest BCUT2D eigenvalue weighted by atomic mass is 16.3. The van der Waals surface area contributed by atoms with Gasteiger partial charge in [0, 0.05) is 24.6 Å². The lowest BCUT2D eigenvalue weighted by Crippen LogP contribution is -2.38. The van der Waals surface area contributed by atoms with E-state index in [4.69, 9.17) is 5.11 Å².